The maximum Gasteiger partial charge on any atom is 0.199 e. The van der Waals surface area contributed by atoms with Gasteiger partial charge in [0.1, 0.15) is 5.82 Å². The molecule has 0 atom stereocenters. The van der Waals surface area contributed by atoms with Crippen LogP contribution in [-0.4, -0.2) is 15.6 Å². The summed E-state index contributed by atoms with van der Waals surface area (Å²) >= 11 is 1.56. The molecule has 0 aliphatic heterocycles. The molecule has 0 fully saturated rings. The minimum atomic E-state index is -0.0753. The van der Waals surface area contributed by atoms with E-state index in [9.17, 15) is 4.79 Å². The molecular weight excluding hydrogens is 246 g/mol. The molecule has 0 saturated heterocycles. The summed E-state index contributed by atoms with van der Waals surface area (Å²) in [6, 6.07) is 7.71. The molecule has 0 unspecified atom stereocenters. The van der Waals surface area contributed by atoms with Gasteiger partial charge in [0, 0.05) is 17.3 Å². The Bertz CT molecular complexity index is 742. The minimum Gasteiger partial charge on any atom is -0.383 e. The highest BCUT2D eigenvalue weighted by Crippen LogP contribution is 2.27. The van der Waals surface area contributed by atoms with Crippen LogP contribution >= 0.6 is 11.3 Å². The fourth-order valence-corrected chi connectivity index (χ4v) is 2.85. The van der Waals surface area contributed by atoms with Crippen LogP contribution in [0.25, 0.3) is 10.1 Å². The number of nitrogen functional groups attached to an aromatic ring is 1. The fourth-order valence-electron chi connectivity index (χ4n) is 1.94. The molecule has 0 aliphatic carbocycles. The van der Waals surface area contributed by atoms with Gasteiger partial charge in [0.05, 0.1) is 11.8 Å². The Kier molecular flexibility index (Phi) is 2.41. The zero-order chi connectivity index (χ0) is 12.7. The molecule has 2 heterocycles. The number of ketones is 1. The number of anilines is 1. The van der Waals surface area contributed by atoms with E-state index in [1.54, 1.807) is 18.4 Å². The normalized spacial score (nSPS) is 10.9. The van der Waals surface area contributed by atoms with Crippen molar-refractivity contribution >= 4 is 33.0 Å². The number of benzene rings is 1. The van der Waals surface area contributed by atoms with Crippen LogP contribution in [0.1, 0.15) is 15.9 Å². The summed E-state index contributed by atoms with van der Waals surface area (Å²) in [5.74, 6) is 0.321. The van der Waals surface area contributed by atoms with Crippen molar-refractivity contribution in [3.05, 3.63) is 47.0 Å². The number of nitrogens with two attached hydrogens (primary N) is 1. The van der Waals surface area contributed by atoms with E-state index in [1.165, 1.54) is 10.9 Å². The summed E-state index contributed by atoms with van der Waals surface area (Å²) in [7, 11) is 1.72. The number of hydrogen-bond acceptors (Lipinski definition) is 4. The molecule has 90 valence electrons. The van der Waals surface area contributed by atoms with E-state index in [0.29, 0.717) is 16.9 Å². The first kappa shape index (κ1) is 11.0. The van der Waals surface area contributed by atoms with E-state index >= 15 is 0 Å². The van der Waals surface area contributed by atoms with E-state index < -0.39 is 0 Å². The van der Waals surface area contributed by atoms with Crippen LogP contribution in [0, 0.1) is 0 Å². The van der Waals surface area contributed by atoms with Gasteiger partial charge >= 0.3 is 0 Å². The molecule has 1 aromatic carbocycles. The van der Waals surface area contributed by atoms with Gasteiger partial charge in [-0.15, -0.1) is 11.3 Å². The average Bonchev–Trinajstić information content (AvgIpc) is 2.96. The first-order valence-electron chi connectivity index (χ1n) is 5.47. The Balaban J connectivity index is 2.18. The Hall–Kier alpha value is -2.14. The Morgan fingerprint density at radius 1 is 1.33 bits per heavy atom. The van der Waals surface area contributed by atoms with Gasteiger partial charge < -0.3 is 5.73 Å². The summed E-state index contributed by atoms with van der Waals surface area (Å²) in [5, 5.41) is 7.06. The standard InChI is InChI=1S/C13H11N3OS/c1-16-13(14)10(7-15-16)11(17)9-4-2-3-8-5-6-18-12(8)9/h2-7H,14H2,1H3. The number of rotatable bonds is 2. The Morgan fingerprint density at radius 3 is 2.89 bits per heavy atom. The zero-order valence-electron chi connectivity index (χ0n) is 9.75. The molecule has 18 heavy (non-hydrogen) atoms. The highest BCUT2D eigenvalue weighted by molar-refractivity contribution is 7.17. The number of hydrogen-bond donors (Lipinski definition) is 1. The van der Waals surface area contributed by atoms with Crippen LogP contribution in [-0.2, 0) is 7.05 Å². The molecule has 0 spiro atoms. The third kappa shape index (κ3) is 1.52. The molecule has 0 radical (unpaired) electrons. The van der Waals surface area contributed by atoms with Gasteiger partial charge in [0.15, 0.2) is 5.78 Å². The van der Waals surface area contributed by atoms with E-state index in [-0.39, 0.29) is 5.78 Å². The monoisotopic (exact) mass is 257 g/mol. The summed E-state index contributed by atoms with van der Waals surface area (Å²) < 4.78 is 2.49. The molecule has 0 aliphatic rings. The quantitative estimate of drug-likeness (QED) is 0.717. The lowest BCUT2D eigenvalue weighted by molar-refractivity contribution is 0.104. The molecular formula is C13H11N3OS. The maximum atomic E-state index is 12.5. The van der Waals surface area contributed by atoms with Crippen molar-refractivity contribution in [2.75, 3.05) is 5.73 Å². The second-order valence-corrected chi connectivity index (χ2v) is 4.96. The van der Waals surface area contributed by atoms with E-state index in [1.807, 2.05) is 29.6 Å². The first-order chi connectivity index (χ1) is 8.68. The number of nitrogens with zero attached hydrogens (tertiary/aromatic N) is 2. The summed E-state index contributed by atoms with van der Waals surface area (Å²) in [4.78, 5) is 12.5. The molecule has 0 amide bonds. The van der Waals surface area contributed by atoms with E-state index in [0.717, 1.165) is 10.1 Å². The van der Waals surface area contributed by atoms with Crippen LogP contribution in [0.3, 0.4) is 0 Å². The number of fused-ring (bicyclic) bond motifs is 1. The van der Waals surface area contributed by atoms with E-state index in [2.05, 4.69) is 5.10 Å². The minimum absolute atomic E-state index is 0.0753. The van der Waals surface area contributed by atoms with Gasteiger partial charge in [-0.1, -0.05) is 12.1 Å². The number of carbonyl (C=O) groups is 1. The lowest BCUT2D eigenvalue weighted by Gasteiger charge is -2.02. The molecule has 4 nitrogen and oxygen atoms in total. The van der Waals surface area contributed by atoms with Crippen LogP contribution < -0.4 is 5.73 Å². The zero-order valence-corrected chi connectivity index (χ0v) is 10.6. The van der Waals surface area contributed by atoms with Gasteiger partial charge in [0.25, 0.3) is 0 Å². The summed E-state index contributed by atoms with van der Waals surface area (Å²) in [6.07, 6.45) is 1.52. The van der Waals surface area contributed by atoms with Crippen molar-refractivity contribution in [3.63, 3.8) is 0 Å². The van der Waals surface area contributed by atoms with Gasteiger partial charge in [-0.2, -0.15) is 5.10 Å². The van der Waals surface area contributed by atoms with Crippen molar-refractivity contribution < 1.29 is 4.79 Å². The van der Waals surface area contributed by atoms with Crippen LogP contribution in [0.2, 0.25) is 0 Å². The van der Waals surface area contributed by atoms with E-state index in [4.69, 9.17) is 5.73 Å². The maximum absolute atomic E-state index is 12.5. The number of aromatic nitrogens is 2. The smallest absolute Gasteiger partial charge is 0.199 e. The largest absolute Gasteiger partial charge is 0.383 e. The predicted molar refractivity (Wildman–Crippen MR) is 72.9 cm³/mol. The summed E-state index contributed by atoms with van der Waals surface area (Å²) in [5.41, 5.74) is 6.98. The first-order valence-corrected chi connectivity index (χ1v) is 6.35. The lowest BCUT2D eigenvalue weighted by Crippen LogP contribution is -2.06. The molecule has 5 heteroatoms. The van der Waals surface area contributed by atoms with Gasteiger partial charge in [-0.05, 0) is 22.9 Å². The average molecular weight is 257 g/mol. The van der Waals surface area contributed by atoms with Gasteiger partial charge in [0.2, 0.25) is 0 Å². The third-order valence-electron chi connectivity index (χ3n) is 2.95. The van der Waals surface area contributed by atoms with Gasteiger partial charge in [-0.3, -0.25) is 9.48 Å². The van der Waals surface area contributed by atoms with Crippen molar-refractivity contribution in [3.8, 4) is 0 Å². The highest BCUT2D eigenvalue weighted by atomic mass is 32.1. The molecule has 2 N–H and O–H groups in total. The van der Waals surface area contributed by atoms with Crippen LogP contribution in [0.15, 0.2) is 35.8 Å². The predicted octanol–water partition coefficient (Wildman–Crippen LogP) is 2.45. The second kappa shape index (κ2) is 3.96. The van der Waals surface area contributed by atoms with Crippen LogP contribution in [0.4, 0.5) is 5.82 Å². The van der Waals surface area contributed by atoms with Gasteiger partial charge in [-0.25, -0.2) is 0 Å². The second-order valence-electron chi connectivity index (χ2n) is 4.04. The molecule has 0 bridgehead atoms. The molecule has 2 aromatic heterocycles. The lowest BCUT2D eigenvalue weighted by atomic mass is 10.0. The SMILES string of the molecule is Cn1ncc(C(=O)c2cccc3ccsc23)c1N. The van der Waals surface area contributed by atoms with Crippen molar-refractivity contribution in [1.82, 2.24) is 9.78 Å². The molecule has 3 aromatic rings. The van der Waals surface area contributed by atoms with Crippen molar-refractivity contribution in [2.24, 2.45) is 7.05 Å². The fraction of sp³-hybridized carbons (Fsp3) is 0.0769. The highest BCUT2D eigenvalue weighted by Gasteiger charge is 2.18. The number of carbonyl (C=O) groups excluding carboxylic acids is 1. The van der Waals surface area contributed by atoms with Crippen molar-refractivity contribution in [1.29, 1.82) is 0 Å². The van der Waals surface area contributed by atoms with Crippen LogP contribution in [0.5, 0.6) is 0 Å². The summed E-state index contributed by atoms with van der Waals surface area (Å²) in [6.45, 7) is 0. The third-order valence-corrected chi connectivity index (χ3v) is 3.92. The molecule has 0 saturated carbocycles. The number of thiophene rings is 1. The molecule has 3 rings (SSSR count). The Morgan fingerprint density at radius 2 is 2.17 bits per heavy atom. The Labute approximate surface area is 108 Å². The van der Waals surface area contributed by atoms with Crippen molar-refractivity contribution in [2.45, 2.75) is 0 Å². The topological polar surface area (TPSA) is 60.9 Å². The number of aryl methyl sites for hydroxylation is 1.